The van der Waals surface area contributed by atoms with E-state index in [-0.39, 0.29) is 25.9 Å². The normalized spacial score (nSPS) is 18.3. The van der Waals surface area contributed by atoms with Crippen molar-refractivity contribution in [3.8, 4) is 0 Å². The van der Waals surface area contributed by atoms with E-state index in [1.807, 2.05) is 0 Å². The van der Waals surface area contributed by atoms with Crippen LogP contribution in [0.1, 0.15) is 54.4 Å². The number of piperidine rings is 1. The second kappa shape index (κ2) is 6.37. The van der Waals surface area contributed by atoms with Crippen LogP contribution in [0.15, 0.2) is 0 Å². The Morgan fingerprint density at radius 1 is 0.913 bits per heavy atom. The van der Waals surface area contributed by atoms with Crippen molar-refractivity contribution in [3.05, 3.63) is 0 Å². The van der Waals surface area contributed by atoms with Crippen LogP contribution in [0, 0.1) is 5.41 Å². The standard InChI is InChI=1S/C16H27NO6/c1-14(2,3)22-12(20)16(11(18)19)7-9-17(10-8-16)13(21)23-15(4,5)6/h7-10H2,1-6H3,(H,18,19). The van der Waals surface area contributed by atoms with Crippen LogP contribution in [0.3, 0.4) is 0 Å². The number of likely N-dealkylation sites (tertiary alicyclic amines) is 1. The zero-order chi connectivity index (χ0) is 18.1. The van der Waals surface area contributed by atoms with Crippen LogP contribution < -0.4 is 0 Å². The average Bonchev–Trinajstić information content (AvgIpc) is 2.34. The Hall–Kier alpha value is -1.79. The number of esters is 1. The van der Waals surface area contributed by atoms with Gasteiger partial charge in [-0.2, -0.15) is 0 Å². The summed E-state index contributed by atoms with van der Waals surface area (Å²) in [5.41, 5.74) is -2.99. The van der Waals surface area contributed by atoms with Gasteiger partial charge in [-0.05, 0) is 54.4 Å². The molecular formula is C16H27NO6. The first-order chi connectivity index (χ1) is 10.3. The third-order valence-electron chi connectivity index (χ3n) is 3.47. The maximum absolute atomic E-state index is 12.3. The highest BCUT2D eigenvalue weighted by atomic mass is 16.6. The fourth-order valence-corrected chi connectivity index (χ4v) is 2.28. The average molecular weight is 329 g/mol. The quantitative estimate of drug-likeness (QED) is 0.618. The molecule has 1 fully saturated rings. The third-order valence-corrected chi connectivity index (χ3v) is 3.47. The van der Waals surface area contributed by atoms with Gasteiger partial charge in [0.25, 0.3) is 0 Å². The van der Waals surface area contributed by atoms with E-state index < -0.39 is 34.6 Å². The molecule has 132 valence electrons. The summed E-state index contributed by atoms with van der Waals surface area (Å²) in [4.78, 5) is 37.5. The zero-order valence-electron chi connectivity index (χ0n) is 14.8. The molecule has 7 nitrogen and oxygen atoms in total. The predicted octanol–water partition coefficient (Wildman–Crippen LogP) is 2.43. The van der Waals surface area contributed by atoms with E-state index in [4.69, 9.17) is 9.47 Å². The van der Waals surface area contributed by atoms with E-state index in [0.29, 0.717) is 0 Å². The summed E-state index contributed by atoms with van der Waals surface area (Å²) in [6.45, 7) is 10.6. The van der Waals surface area contributed by atoms with Crippen LogP contribution in [-0.4, -0.2) is 52.3 Å². The number of hydrogen-bond acceptors (Lipinski definition) is 5. The minimum absolute atomic E-state index is 0.0104. The van der Waals surface area contributed by atoms with Gasteiger partial charge in [0, 0.05) is 13.1 Å². The number of hydrogen-bond donors (Lipinski definition) is 1. The lowest BCUT2D eigenvalue weighted by Crippen LogP contribution is -2.52. The van der Waals surface area contributed by atoms with Crippen LogP contribution >= 0.6 is 0 Å². The molecule has 0 aromatic heterocycles. The Labute approximate surface area is 136 Å². The van der Waals surface area contributed by atoms with Gasteiger partial charge in [-0.15, -0.1) is 0 Å². The van der Waals surface area contributed by atoms with Crippen LogP contribution in [-0.2, 0) is 19.1 Å². The second-order valence-electron chi connectivity index (χ2n) is 7.86. The van der Waals surface area contributed by atoms with Gasteiger partial charge < -0.3 is 19.5 Å². The summed E-state index contributed by atoms with van der Waals surface area (Å²) in [7, 11) is 0. The Balaban J connectivity index is 2.81. The van der Waals surface area contributed by atoms with Crippen molar-refractivity contribution >= 4 is 18.0 Å². The van der Waals surface area contributed by atoms with E-state index in [1.54, 1.807) is 41.5 Å². The van der Waals surface area contributed by atoms with Gasteiger partial charge in [-0.1, -0.05) is 0 Å². The van der Waals surface area contributed by atoms with Gasteiger partial charge in [0.05, 0.1) is 0 Å². The van der Waals surface area contributed by atoms with Crippen molar-refractivity contribution in [3.63, 3.8) is 0 Å². The molecule has 0 bridgehead atoms. The minimum Gasteiger partial charge on any atom is -0.480 e. The maximum Gasteiger partial charge on any atom is 0.410 e. The van der Waals surface area contributed by atoms with Crippen molar-refractivity contribution in [2.45, 2.75) is 65.6 Å². The van der Waals surface area contributed by atoms with E-state index in [1.165, 1.54) is 4.90 Å². The molecule has 1 heterocycles. The fourth-order valence-electron chi connectivity index (χ4n) is 2.28. The summed E-state index contributed by atoms with van der Waals surface area (Å²) >= 11 is 0. The first-order valence-electron chi connectivity index (χ1n) is 7.72. The fraction of sp³-hybridized carbons (Fsp3) is 0.812. The van der Waals surface area contributed by atoms with Gasteiger partial charge in [-0.25, -0.2) is 4.79 Å². The number of carbonyl (C=O) groups excluding carboxylic acids is 2. The number of carboxylic acids is 1. The second-order valence-corrected chi connectivity index (χ2v) is 7.86. The van der Waals surface area contributed by atoms with E-state index >= 15 is 0 Å². The number of carboxylic acid groups (broad SMARTS) is 1. The topological polar surface area (TPSA) is 93.1 Å². The molecule has 1 aliphatic heterocycles. The van der Waals surface area contributed by atoms with Crippen LogP contribution in [0.2, 0.25) is 0 Å². The molecule has 1 saturated heterocycles. The van der Waals surface area contributed by atoms with Gasteiger partial charge in [0.2, 0.25) is 0 Å². The summed E-state index contributed by atoms with van der Waals surface area (Å²) in [5.74, 6) is -1.96. The molecule has 0 saturated carbocycles. The molecule has 0 aromatic rings. The highest BCUT2D eigenvalue weighted by Crippen LogP contribution is 2.35. The van der Waals surface area contributed by atoms with Gasteiger partial charge in [0.15, 0.2) is 5.41 Å². The molecule has 0 spiro atoms. The maximum atomic E-state index is 12.3. The first kappa shape index (κ1) is 19.3. The van der Waals surface area contributed by atoms with Gasteiger partial charge in [0.1, 0.15) is 11.2 Å². The van der Waals surface area contributed by atoms with E-state index in [2.05, 4.69) is 0 Å². The van der Waals surface area contributed by atoms with Crippen molar-refractivity contribution in [2.24, 2.45) is 5.41 Å². The van der Waals surface area contributed by atoms with E-state index in [0.717, 1.165) is 0 Å². The lowest BCUT2D eigenvalue weighted by atomic mass is 9.78. The van der Waals surface area contributed by atoms with Gasteiger partial charge in [-0.3, -0.25) is 9.59 Å². The van der Waals surface area contributed by atoms with Crippen molar-refractivity contribution in [1.82, 2.24) is 4.90 Å². The molecule has 7 heteroatoms. The predicted molar refractivity (Wildman–Crippen MR) is 83.0 cm³/mol. The monoisotopic (exact) mass is 329 g/mol. The number of rotatable bonds is 2. The Bertz CT molecular complexity index is 478. The molecule has 0 aromatic carbocycles. The SMILES string of the molecule is CC(C)(C)OC(=O)N1CCC(C(=O)O)(C(=O)OC(C)(C)C)CC1. The first-order valence-corrected chi connectivity index (χ1v) is 7.72. The lowest BCUT2D eigenvalue weighted by molar-refractivity contribution is -0.180. The molecule has 23 heavy (non-hydrogen) atoms. The molecular weight excluding hydrogens is 302 g/mol. The Kier molecular flexibility index (Phi) is 5.34. The van der Waals surface area contributed by atoms with Crippen LogP contribution in [0.5, 0.6) is 0 Å². The van der Waals surface area contributed by atoms with Crippen LogP contribution in [0.4, 0.5) is 4.79 Å². The summed E-state index contributed by atoms with van der Waals surface area (Å²) in [6, 6.07) is 0. The smallest absolute Gasteiger partial charge is 0.410 e. The van der Waals surface area contributed by atoms with Crippen molar-refractivity contribution < 1.29 is 29.0 Å². The summed E-state index contributed by atoms with van der Waals surface area (Å²) in [6.07, 6.45) is -0.479. The number of amides is 1. The molecule has 0 unspecified atom stereocenters. The number of aliphatic carboxylic acids is 1. The zero-order valence-corrected chi connectivity index (χ0v) is 14.8. The van der Waals surface area contributed by atoms with Gasteiger partial charge >= 0.3 is 18.0 Å². The molecule has 0 radical (unpaired) electrons. The molecule has 1 aliphatic rings. The molecule has 1 N–H and O–H groups in total. The summed E-state index contributed by atoms with van der Waals surface area (Å²) < 4.78 is 10.5. The largest absolute Gasteiger partial charge is 0.480 e. The molecule has 1 amide bonds. The molecule has 0 aliphatic carbocycles. The third kappa shape index (κ3) is 5.11. The highest BCUT2D eigenvalue weighted by molar-refractivity contribution is 5.99. The Morgan fingerprint density at radius 3 is 1.70 bits per heavy atom. The Morgan fingerprint density at radius 2 is 1.35 bits per heavy atom. The minimum atomic E-state index is -1.61. The number of carbonyl (C=O) groups is 3. The number of ether oxygens (including phenoxy) is 2. The van der Waals surface area contributed by atoms with Crippen molar-refractivity contribution in [1.29, 1.82) is 0 Å². The highest BCUT2D eigenvalue weighted by Gasteiger charge is 2.51. The molecule has 1 rings (SSSR count). The van der Waals surface area contributed by atoms with Crippen LogP contribution in [0.25, 0.3) is 0 Å². The van der Waals surface area contributed by atoms with Crippen molar-refractivity contribution in [2.75, 3.05) is 13.1 Å². The van der Waals surface area contributed by atoms with E-state index in [9.17, 15) is 19.5 Å². The number of nitrogens with zero attached hydrogens (tertiary/aromatic N) is 1. The molecule has 0 atom stereocenters. The lowest BCUT2D eigenvalue weighted by Gasteiger charge is -2.38. The summed E-state index contributed by atoms with van der Waals surface area (Å²) in [5, 5.41) is 9.53.